The summed E-state index contributed by atoms with van der Waals surface area (Å²) in [6, 6.07) is 5.53. The van der Waals surface area contributed by atoms with Crippen molar-refractivity contribution < 1.29 is 26.8 Å². The van der Waals surface area contributed by atoms with Crippen molar-refractivity contribution in [3.63, 3.8) is 0 Å². The molecule has 2 aromatic rings. The van der Waals surface area contributed by atoms with E-state index in [4.69, 9.17) is 11.6 Å². The number of hydroxylamine groups is 1. The Morgan fingerprint density at radius 1 is 1.15 bits per heavy atom. The van der Waals surface area contributed by atoms with Gasteiger partial charge in [-0.2, -0.15) is 0 Å². The van der Waals surface area contributed by atoms with Crippen LogP contribution in [0.3, 0.4) is 0 Å². The molecule has 33 heavy (non-hydrogen) atoms. The van der Waals surface area contributed by atoms with Gasteiger partial charge in [-0.3, -0.25) is 9.63 Å². The van der Waals surface area contributed by atoms with Gasteiger partial charge >= 0.3 is 0 Å². The van der Waals surface area contributed by atoms with Crippen molar-refractivity contribution >= 4 is 61.5 Å². The largest absolute Gasteiger partial charge is 0.351 e. The lowest BCUT2D eigenvalue weighted by atomic mass is 10.1. The zero-order valence-electron chi connectivity index (χ0n) is 18.4. The number of benzene rings is 2. The molecular formula is C20H24ClF2IN4O4S. The molecule has 0 radical (unpaired) electrons. The second kappa shape index (κ2) is 11.7. The number of halogens is 4. The summed E-state index contributed by atoms with van der Waals surface area (Å²) < 4.78 is 57.9. The number of nitrogens with one attached hydrogen (secondary N) is 2. The number of hydrogen-bond donors (Lipinski definition) is 2. The monoisotopic (exact) mass is 616 g/mol. The number of sulfonamides is 1. The fraction of sp³-hybridized carbons (Fsp3) is 0.350. The van der Waals surface area contributed by atoms with E-state index in [1.54, 1.807) is 12.1 Å². The van der Waals surface area contributed by atoms with Crippen LogP contribution in [-0.4, -0.2) is 64.9 Å². The molecule has 0 spiro atoms. The minimum absolute atomic E-state index is 0.0689. The van der Waals surface area contributed by atoms with E-state index in [9.17, 15) is 13.2 Å². The molecule has 0 saturated heterocycles. The number of carbonyl (C=O) groups excluding carboxylic acids is 1. The topological polar surface area (TPSA) is 91.0 Å². The molecule has 1 amide bonds. The molecule has 2 N–H and O–H groups in total. The molecule has 2 aromatic carbocycles. The van der Waals surface area contributed by atoms with Crippen molar-refractivity contribution in [1.29, 1.82) is 0 Å². The van der Waals surface area contributed by atoms with Gasteiger partial charge in [0, 0.05) is 17.2 Å². The van der Waals surface area contributed by atoms with Crippen LogP contribution in [0.15, 0.2) is 29.2 Å². The van der Waals surface area contributed by atoms with Crippen LogP contribution in [0, 0.1) is 15.2 Å². The van der Waals surface area contributed by atoms with Crippen LogP contribution < -0.4 is 10.8 Å². The standard InChI is InChI=1S/C20H24ClF2IN4O4S/c1-27(2)8-5-9-28(3)33(30,31)16-11-13(20(29)26-32-4)19(18(23)17(16)22)25-15-7-6-12(24)10-14(15)21/h6-7,10-11,25H,5,8-9H2,1-4H3,(H,26,29). The lowest BCUT2D eigenvalue weighted by Crippen LogP contribution is -2.31. The van der Waals surface area contributed by atoms with Gasteiger partial charge < -0.3 is 10.2 Å². The number of carbonyl (C=O) groups is 1. The average molecular weight is 617 g/mol. The summed E-state index contributed by atoms with van der Waals surface area (Å²) in [6.45, 7) is 0.664. The van der Waals surface area contributed by atoms with Crippen LogP contribution in [0.25, 0.3) is 0 Å². The van der Waals surface area contributed by atoms with Crippen molar-refractivity contribution in [2.24, 2.45) is 0 Å². The predicted octanol–water partition coefficient (Wildman–Crippen LogP) is 3.83. The van der Waals surface area contributed by atoms with E-state index in [0.29, 0.717) is 13.0 Å². The van der Waals surface area contributed by atoms with Gasteiger partial charge in [-0.1, -0.05) is 11.6 Å². The van der Waals surface area contributed by atoms with Crippen LogP contribution in [0.1, 0.15) is 16.8 Å². The molecule has 8 nitrogen and oxygen atoms in total. The number of nitrogens with zero attached hydrogens (tertiary/aromatic N) is 2. The average Bonchev–Trinajstić information content (AvgIpc) is 2.72. The van der Waals surface area contributed by atoms with Crippen LogP contribution in [0.4, 0.5) is 20.2 Å². The first kappa shape index (κ1) is 27.7. The molecule has 0 aromatic heterocycles. The van der Waals surface area contributed by atoms with Gasteiger partial charge in [-0.15, -0.1) is 0 Å². The van der Waals surface area contributed by atoms with Crippen molar-refractivity contribution in [3.8, 4) is 0 Å². The smallest absolute Gasteiger partial charge is 0.277 e. The Kier molecular flexibility index (Phi) is 9.82. The van der Waals surface area contributed by atoms with E-state index < -0.39 is 43.7 Å². The summed E-state index contributed by atoms with van der Waals surface area (Å²) in [4.78, 5) is 18.0. The first-order valence-corrected chi connectivity index (χ1v) is 12.5. The second-order valence-electron chi connectivity index (χ2n) is 7.29. The molecule has 0 heterocycles. The zero-order chi connectivity index (χ0) is 24.9. The van der Waals surface area contributed by atoms with Crippen molar-refractivity contribution in [2.75, 3.05) is 46.7 Å². The van der Waals surface area contributed by atoms with E-state index in [1.165, 1.54) is 13.1 Å². The number of anilines is 2. The number of hydrogen-bond acceptors (Lipinski definition) is 6. The summed E-state index contributed by atoms with van der Waals surface area (Å²) in [6.07, 6.45) is 0.467. The van der Waals surface area contributed by atoms with Crippen molar-refractivity contribution in [3.05, 3.63) is 50.1 Å². The van der Waals surface area contributed by atoms with Gasteiger partial charge in [0.05, 0.1) is 29.1 Å². The molecule has 182 valence electrons. The van der Waals surface area contributed by atoms with Gasteiger partial charge in [0.2, 0.25) is 10.0 Å². The molecular weight excluding hydrogens is 593 g/mol. The predicted molar refractivity (Wildman–Crippen MR) is 131 cm³/mol. The molecule has 0 fully saturated rings. The molecule has 0 aliphatic rings. The quantitative estimate of drug-likeness (QED) is 0.312. The minimum Gasteiger partial charge on any atom is -0.351 e. The molecule has 0 atom stereocenters. The zero-order valence-corrected chi connectivity index (χ0v) is 22.1. The summed E-state index contributed by atoms with van der Waals surface area (Å²) in [7, 11) is 1.63. The Balaban J connectivity index is 2.58. The lowest BCUT2D eigenvalue weighted by molar-refractivity contribution is 0.0538. The summed E-state index contributed by atoms with van der Waals surface area (Å²) in [5.74, 6) is -4.14. The maximum Gasteiger partial charge on any atom is 0.277 e. The Labute approximate surface area is 210 Å². The van der Waals surface area contributed by atoms with Crippen LogP contribution >= 0.6 is 34.2 Å². The third-order valence-electron chi connectivity index (χ3n) is 4.57. The van der Waals surface area contributed by atoms with Crippen LogP contribution in [0.5, 0.6) is 0 Å². The van der Waals surface area contributed by atoms with Gasteiger partial charge in [0.1, 0.15) is 4.90 Å². The summed E-state index contributed by atoms with van der Waals surface area (Å²) in [5, 5.41) is 2.78. The molecule has 2 rings (SSSR count). The van der Waals surface area contributed by atoms with E-state index in [2.05, 4.69) is 10.2 Å². The maximum atomic E-state index is 15.2. The van der Waals surface area contributed by atoms with E-state index in [1.807, 2.05) is 47.1 Å². The first-order valence-electron chi connectivity index (χ1n) is 9.58. The summed E-state index contributed by atoms with van der Waals surface area (Å²) in [5.41, 5.74) is 1.12. The van der Waals surface area contributed by atoms with E-state index in [0.717, 1.165) is 21.1 Å². The molecule has 13 heteroatoms. The van der Waals surface area contributed by atoms with Gasteiger partial charge in [0.15, 0.2) is 11.6 Å². The normalized spacial score (nSPS) is 11.8. The fourth-order valence-electron chi connectivity index (χ4n) is 2.86. The molecule has 0 bridgehead atoms. The highest BCUT2D eigenvalue weighted by Gasteiger charge is 2.31. The maximum absolute atomic E-state index is 15.2. The summed E-state index contributed by atoms with van der Waals surface area (Å²) >= 11 is 8.19. The Bertz CT molecular complexity index is 1140. The van der Waals surface area contributed by atoms with Gasteiger partial charge in [-0.05, 0) is 73.9 Å². The van der Waals surface area contributed by atoms with Crippen LogP contribution in [-0.2, 0) is 14.9 Å². The second-order valence-corrected chi connectivity index (χ2v) is 11.0. The molecule has 0 unspecified atom stereocenters. The highest BCUT2D eigenvalue weighted by atomic mass is 127. The van der Waals surface area contributed by atoms with Crippen LogP contribution in [0.2, 0.25) is 5.02 Å². The van der Waals surface area contributed by atoms with Crippen molar-refractivity contribution in [2.45, 2.75) is 11.3 Å². The molecule has 0 saturated carbocycles. The SMILES string of the molecule is CONC(=O)c1cc(S(=O)(=O)N(C)CCCN(C)C)c(F)c(F)c1Nc1ccc(I)cc1Cl. The minimum atomic E-state index is -4.44. The van der Waals surface area contributed by atoms with E-state index in [-0.39, 0.29) is 17.3 Å². The van der Waals surface area contributed by atoms with E-state index >= 15 is 8.78 Å². The number of rotatable bonds is 10. The molecule has 0 aliphatic carbocycles. The van der Waals surface area contributed by atoms with Gasteiger partial charge in [0.25, 0.3) is 5.91 Å². The Morgan fingerprint density at radius 2 is 1.82 bits per heavy atom. The Hall–Kier alpha value is -1.58. The molecule has 0 aliphatic heterocycles. The third-order valence-corrected chi connectivity index (χ3v) is 7.41. The highest BCUT2D eigenvalue weighted by molar-refractivity contribution is 14.1. The van der Waals surface area contributed by atoms with Gasteiger partial charge in [-0.25, -0.2) is 27.0 Å². The third kappa shape index (κ3) is 6.73. The lowest BCUT2D eigenvalue weighted by Gasteiger charge is -2.21. The Morgan fingerprint density at radius 3 is 2.39 bits per heavy atom. The highest BCUT2D eigenvalue weighted by Crippen LogP contribution is 2.34. The fourth-order valence-corrected chi connectivity index (χ4v) is 5.05. The van der Waals surface area contributed by atoms with Crippen molar-refractivity contribution in [1.82, 2.24) is 14.7 Å². The first-order chi connectivity index (χ1) is 15.4. The number of amides is 1.